The van der Waals surface area contributed by atoms with Crippen molar-refractivity contribution in [1.29, 1.82) is 0 Å². The van der Waals surface area contributed by atoms with Crippen LogP contribution >= 0.6 is 12.4 Å². The van der Waals surface area contributed by atoms with E-state index in [9.17, 15) is 26.3 Å². The second-order valence-electron chi connectivity index (χ2n) is 4.22. The highest BCUT2D eigenvalue weighted by Gasteiger charge is 2.35. The lowest BCUT2D eigenvalue weighted by Gasteiger charge is -2.12. The summed E-state index contributed by atoms with van der Waals surface area (Å²) in [6.45, 7) is -0.397. The Balaban J connectivity index is 0.00000264. The van der Waals surface area contributed by atoms with Gasteiger partial charge in [-0.1, -0.05) is 0 Å². The fraction of sp³-hybridized carbons (Fsp3) is 0.250. The molecule has 2 heterocycles. The minimum atomic E-state index is -4.70. The molecule has 0 spiro atoms. The lowest BCUT2D eigenvalue weighted by molar-refractivity contribution is -0.145. The fourth-order valence-electron chi connectivity index (χ4n) is 1.69. The Kier molecular flexibility index (Phi) is 5.54. The predicted molar refractivity (Wildman–Crippen MR) is 70.4 cm³/mol. The summed E-state index contributed by atoms with van der Waals surface area (Å²) in [7, 11) is 0. The Bertz CT molecular complexity index is 669. The molecule has 0 saturated carbocycles. The van der Waals surface area contributed by atoms with E-state index in [0.29, 0.717) is 6.20 Å². The van der Waals surface area contributed by atoms with Crippen molar-refractivity contribution in [2.75, 3.05) is 0 Å². The van der Waals surface area contributed by atoms with Crippen molar-refractivity contribution in [3.05, 3.63) is 41.6 Å². The first kappa shape index (κ1) is 19.1. The molecule has 126 valence electrons. The van der Waals surface area contributed by atoms with E-state index in [2.05, 4.69) is 15.0 Å². The van der Waals surface area contributed by atoms with E-state index in [1.54, 1.807) is 0 Å². The van der Waals surface area contributed by atoms with Crippen molar-refractivity contribution in [3.63, 3.8) is 0 Å². The molecule has 11 heteroatoms. The Morgan fingerprint density at radius 1 is 0.870 bits per heavy atom. The molecule has 2 aromatic heterocycles. The van der Waals surface area contributed by atoms with Gasteiger partial charge in [0, 0.05) is 30.7 Å². The summed E-state index contributed by atoms with van der Waals surface area (Å²) in [6, 6.07) is 1.05. The lowest BCUT2D eigenvalue weighted by atomic mass is 10.1. The number of hydrogen-bond acceptors (Lipinski definition) is 4. The molecule has 4 nitrogen and oxygen atoms in total. The molecule has 0 aliphatic carbocycles. The third-order valence-electron chi connectivity index (χ3n) is 2.72. The lowest BCUT2D eigenvalue weighted by Crippen LogP contribution is -2.13. The maximum Gasteiger partial charge on any atom is 0.451 e. The van der Waals surface area contributed by atoms with Gasteiger partial charge in [0.25, 0.3) is 0 Å². The van der Waals surface area contributed by atoms with E-state index in [0.717, 1.165) is 18.5 Å². The van der Waals surface area contributed by atoms with Crippen LogP contribution in [-0.4, -0.2) is 15.0 Å². The van der Waals surface area contributed by atoms with Gasteiger partial charge in [-0.05, 0) is 11.6 Å². The molecule has 0 saturated heterocycles. The standard InChI is InChI=1S/C12H8F6N4.ClH/c13-11(14,15)8-5-20-9(1-6(8)2-19)7-3-21-10(22-4-7)12(16,17)18;/h1,3-5H,2,19H2;1H. The molecule has 0 aromatic carbocycles. The van der Waals surface area contributed by atoms with Crippen molar-refractivity contribution in [2.24, 2.45) is 5.73 Å². The fourth-order valence-corrected chi connectivity index (χ4v) is 1.69. The Morgan fingerprint density at radius 3 is 1.87 bits per heavy atom. The highest BCUT2D eigenvalue weighted by atomic mass is 35.5. The van der Waals surface area contributed by atoms with Crippen LogP contribution in [0, 0.1) is 0 Å². The molecule has 2 rings (SSSR count). The van der Waals surface area contributed by atoms with E-state index in [1.165, 1.54) is 0 Å². The highest BCUT2D eigenvalue weighted by Crippen LogP contribution is 2.33. The number of aromatic nitrogens is 3. The molecule has 0 unspecified atom stereocenters. The van der Waals surface area contributed by atoms with Crippen molar-refractivity contribution in [3.8, 4) is 11.3 Å². The first-order chi connectivity index (χ1) is 10.1. The number of rotatable bonds is 2. The van der Waals surface area contributed by atoms with E-state index in [1.807, 2.05) is 0 Å². The average molecular weight is 359 g/mol. The van der Waals surface area contributed by atoms with E-state index in [4.69, 9.17) is 5.73 Å². The van der Waals surface area contributed by atoms with Crippen LogP contribution in [0.15, 0.2) is 24.7 Å². The second kappa shape index (κ2) is 6.67. The smallest absolute Gasteiger partial charge is 0.326 e. The summed E-state index contributed by atoms with van der Waals surface area (Å²) >= 11 is 0. The molecule has 0 atom stereocenters. The zero-order chi connectivity index (χ0) is 16.5. The SMILES string of the molecule is Cl.NCc1cc(-c2cnc(C(F)(F)F)nc2)ncc1C(F)(F)F. The largest absolute Gasteiger partial charge is 0.451 e. The topological polar surface area (TPSA) is 64.7 Å². The van der Waals surface area contributed by atoms with Gasteiger partial charge in [0.2, 0.25) is 5.82 Å². The van der Waals surface area contributed by atoms with E-state index in [-0.39, 0.29) is 29.2 Å². The predicted octanol–water partition coefficient (Wildman–Crippen LogP) is 3.46. The number of alkyl halides is 6. The van der Waals surface area contributed by atoms with Crippen LogP contribution in [0.3, 0.4) is 0 Å². The van der Waals surface area contributed by atoms with Crippen LogP contribution in [0.1, 0.15) is 17.0 Å². The van der Waals surface area contributed by atoms with E-state index < -0.39 is 30.3 Å². The molecule has 0 radical (unpaired) electrons. The first-order valence-electron chi connectivity index (χ1n) is 5.78. The van der Waals surface area contributed by atoms with Gasteiger partial charge in [-0.3, -0.25) is 4.98 Å². The first-order valence-corrected chi connectivity index (χ1v) is 5.78. The maximum atomic E-state index is 12.7. The monoisotopic (exact) mass is 358 g/mol. The summed E-state index contributed by atoms with van der Waals surface area (Å²) < 4.78 is 75.2. The van der Waals surface area contributed by atoms with Crippen molar-refractivity contribution in [1.82, 2.24) is 15.0 Å². The summed E-state index contributed by atoms with van der Waals surface area (Å²) in [5.74, 6) is -1.35. The summed E-state index contributed by atoms with van der Waals surface area (Å²) in [4.78, 5) is 9.83. The quantitative estimate of drug-likeness (QED) is 0.835. The van der Waals surface area contributed by atoms with Crippen LogP contribution in [0.4, 0.5) is 26.3 Å². The average Bonchev–Trinajstić information content (AvgIpc) is 2.45. The van der Waals surface area contributed by atoms with Gasteiger partial charge in [0.1, 0.15) is 0 Å². The molecular weight excluding hydrogens is 350 g/mol. The Hall–Kier alpha value is -1.94. The molecular formula is C12H9ClF6N4. The number of hydrogen-bond donors (Lipinski definition) is 1. The molecule has 0 aliphatic rings. The van der Waals surface area contributed by atoms with Gasteiger partial charge in [-0.15, -0.1) is 12.4 Å². The second-order valence-corrected chi connectivity index (χ2v) is 4.22. The third-order valence-corrected chi connectivity index (χ3v) is 2.72. The summed E-state index contributed by atoms with van der Waals surface area (Å²) in [5.41, 5.74) is 4.10. The van der Waals surface area contributed by atoms with Gasteiger partial charge in [-0.2, -0.15) is 26.3 Å². The number of halogens is 7. The molecule has 0 amide bonds. The van der Waals surface area contributed by atoms with Crippen molar-refractivity contribution >= 4 is 12.4 Å². The van der Waals surface area contributed by atoms with Gasteiger partial charge >= 0.3 is 12.4 Å². The molecule has 0 fully saturated rings. The van der Waals surface area contributed by atoms with Gasteiger partial charge in [0.05, 0.1) is 11.3 Å². The van der Waals surface area contributed by atoms with Crippen LogP contribution < -0.4 is 5.73 Å². The van der Waals surface area contributed by atoms with Gasteiger partial charge in [0.15, 0.2) is 0 Å². The maximum absolute atomic E-state index is 12.7. The minimum absolute atomic E-state index is 0. The molecule has 2 aromatic rings. The third kappa shape index (κ3) is 4.29. The molecule has 23 heavy (non-hydrogen) atoms. The van der Waals surface area contributed by atoms with Crippen LogP contribution in [0.5, 0.6) is 0 Å². The summed E-state index contributed by atoms with van der Waals surface area (Å²) in [5, 5.41) is 0. The number of nitrogens with zero attached hydrogens (tertiary/aromatic N) is 3. The van der Waals surface area contributed by atoms with Crippen LogP contribution in [0.25, 0.3) is 11.3 Å². The highest BCUT2D eigenvalue weighted by molar-refractivity contribution is 5.85. The van der Waals surface area contributed by atoms with Crippen molar-refractivity contribution in [2.45, 2.75) is 18.9 Å². The Labute approximate surface area is 132 Å². The van der Waals surface area contributed by atoms with Crippen LogP contribution in [0.2, 0.25) is 0 Å². The Morgan fingerprint density at radius 2 is 1.43 bits per heavy atom. The summed E-state index contributed by atoms with van der Waals surface area (Å²) in [6.07, 6.45) is -7.06. The minimum Gasteiger partial charge on any atom is -0.326 e. The number of pyridine rings is 1. The van der Waals surface area contributed by atoms with Crippen LogP contribution in [-0.2, 0) is 18.9 Å². The van der Waals surface area contributed by atoms with Gasteiger partial charge < -0.3 is 5.73 Å². The zero-order valence-electron chi connectivity index (χ0n) is 11.1. The zero-order valence-corrected chi connectivity index (χ0v) is 11.9. The molecule has 0 bridgehead atoms. The van der Waals surface area contributed by atoms with Gasteiger partial charge in [-0.25, -0.2) is 9.97 Å². The van der Waals surface area contributed by atoms with Crippen molar-refractivity contribution < 1.29 is 26.3 Å². The van der Waals surface area contributed by atoms with E-state index >= 15 is 0 Å². The normalized spacial score (nSPS) is 12.0. The molecule has 2 N–H and O–H groups in total. The molecule has 0 aliphatic heterocycles. The number of nitrogens with two attached hydrogens (primary N) is 1.